The highest BCUT2D eigenvalue weighted by Gasteiger charge is 2.43. The third-order valence-electron chi connectivity index (χ3n) is 5.45. The number of allylic oxidation sites excluding steroid dienone is 5. The summed E-state index contributed by atoms with van der Waals surface area (Å²) in [5, 5.41) is 3.74. The largest absolute Gasteiger partial charge is 0.397 e. The van der Waals surface area contributed by atoms with Crippen molar-refractivity contribution in [1.82, 2.24) is 5.32 Å². The van der Waals surface area contributed by atoms with Crippen LogP contribution in [-0.2, 0) is 6.42 Å². The number of dihydropyridines is 1. The van der Waals surface area contributed by atoms with Crippen LogP contribution in [0.3, 0.4) is 0 Å². The van der Waals surface area contributed by atoms with Crippen LogP contribution in [0.2, 0.25) is 0 Å². The predicted molar refractivity (Wildman–Crippen MR) is 114 cm³/mol. The molecule has 1 unspecified atom stereocenters. The number of nitrogens with zero attached hydrogens (tertiary/aromatic N) is 2. The highest BCUT2D eigenvalue weighted by atomic mass is 15.1. The summed E-state index contributed by atoms with van der Waals surface area (Å²) in [5.41, 5.74) is 13.6. The smallest absolute Gasteiger partial charge is 0.126 e. The van der Waals surface area contributed by atoms with Crippen molar-refractivity contribution >= 4 is 11.4 Å². The normalized spacial score (nSPS) is 23.0. The maximum Gasteiger partial charge on any atom is 0.126 e. The fraction of sp³-hybridized carbons (Fsp3) is 0.261. The molecular weight excluding hydrogens is 332 g/mol. The average Bonchev–Trinajstić information content (AvgIpc) is 2.66. The van der Waals surface area contributed by atoms with Gasteiger partial charge in [-0.2, -0.15) is 0 Å². The van der Waals surface area contributed by atoms with Crippen LogP contribution in [0.25, 0.3) is 0 Å². The number of aryl methyl sites for hydroxylation is 1. The fourth-order valence-corrected chi connectivity index (χ4v) is 3.92. The van der Waals surface area contributed by atoms with Gasteiger partial charge in [-0.3, -0.25) is 4.99 Å². The third-order valence-corrected chi connectivity index (χ3v) is 5.45. The molecule has 0 radical (unpaired) electrons. The standard InChI is InChI=1S/C23H26N4/c1-16-5-4-14-23-20(21(24)15-25-22(16)23)13-10-18(26-23)9-6-17-7-11-19(12-8-17)27(2)3/h4-5,7-8,10-15,26H,6,9,24H2,1-3H3. The molecule has 4 rings (SSSR count). The molecule has 1 atom stereocenters. The molecule has 0 amide bonds. The molecule has 0 saturated heterocycles. The molecule has 0 bridgehead atoms. The summed E-state index contributed by atoms with van der Waals surface area (Å²) in [6.45, 7) is 2.10. The zero-order chi connectivity index (χ0) is 19.0. The summed E-state index contributed by atoms with van der Waals surface area (Å²) in [5.74, 6) is 0. The van der Waals surface area contributed by atoms with Gasteiger partial charge in [-0.15, -0.1) is 0 Å². The maximum atomic E-state index is 6.24. The molecule has 4 heteroatoms. The number of benzene rings is 1. The first-order valence-electron chi connectivity index (χ1n) is 9.36. The SMILES string of the molecule is CC1=CC=CC23NC(CCc4ccc(N(C)C)cc4)=CC=C2C(N)=CN=C13. The van der Waals surface area contributed by atoms with Gasteiger partial charge in [0.15, 0.2) is 0 Å². The summed E-state index contributed by atoms with van der Waals surface area (Å²) in [6.07, 6.45) is 14.4. The molecule has 0 fully saturated rings. The molecular formula is C23H26N4. The van der Waals surface area contributed by atoms with Crippen LogP contribution in [0.1, 0.15) is 18.9 Å². The van der Waals surface area contributed by atoms with Gasteiger partial charge in [-0.1, -0.05) is 30.4 Å². The van der Waals surface area contributed by atoms with Crippen LogP contribution in [0.5, 0.6) is 0 Å². The summed E-state index contributed by atoms with van der Waals surface area (Å²) in [7, 11) is 4.12. The van der Waals surface area contributed by atoms with E-state index in [1.54, 1.807) is 6.20 Å². The van der Waals surface area contributed by atoms with Crippen molar-refractivity contribution in [2.45, 2.75) is 25.3 Å². The van der Waals surface area contributed by atoms with E-state index in [0.29, 0.717) is 0 Å². The van der Waals surface area contributed by atoms with Crippen LogP contribution < -0.4 is 16.0 Å². The number of anilines is 1. The lowest BCUT2D eigenvalue weighted by atomic mass is 9.74. The Labute approximate surface area is 161 Å². The van der Waals surface area contributed by atoms with Gasteiger partial charge < -0.3 is 16.0 Å². The van der Waals surface area contributed by atoms with Crippen molar-refractivity contribution in [3.05, 3.63) is 88.9 Å². The Bertz CT molecular complexity index is 939. The minimum atomic E-state index is -0.434. The Balaban J connectivity index is 1.55. The summed E-state index contributed by atoms with van der Waals surface area (Å²) < 4.78 is 0. The highest BCUT2D eigenvalue weighted by Crippen LogP contribution is 2.37. The Morgan fingerprint density at radius 2 is 1.85 bits per heavy atom. The van der Waals surface area contributed by atoms with E-state index in [1.165, 1.54) is 22.5 Å². The van der Waals surface area contributed by atoms with E-state index in [2.05, 4.69) is 90.9 Å². The van der Waals surface area contributed by atoms with Crippen molar-refractivity contribution in [2.24, 2.45) is 10.7 Å². The first kappa shape index (κ1) is 17.4. The second-order valence-electron chi connectivity index (χ2n) is 7.54. The van der Waals surface area contributed by atoms with E-state index in [-0.39, 0.29) is 0 Å². The molecule has 0 aromatic heterocycles. The minimum Gasteiger partial charge on any atom is -0.397 e. The zero-order valence-corrected chi connectivity index (χ0v) is 16.2. The number of rotatable bonds is 4. The molecule has 0 saturated carbocycles. The fourth-order valence-electron chi connectivity index (χ4n) is 3.92. The molecule has 3 aliphatic rings. The van der Waals surface area contributed by atoms with Gasteiger partial charge in [0, 0.05) is 31.1 Å². The predicted octanol–water partition coefficient (Wildman–Crippen LogP) is 3.61. The first-order valence-corrected chi connectivity index (χ1v) is 9.36. The summed E-state index contributed by atoms with van der Waals surface area (Å²) in [6, 6.07) is 8.76. The third kappa shape index (κ3) is 3.01. The van der Waals surface area contributed by atoms with E-state index < -0.39 is 5.54 Å². The van der Waals surface area contributed by atoms with Crippen molar-refractivity contribution in [2.75, 3.05) is 19.0 Å². The molecule has 3 N–H and O–H groups in total. The van der Waals surface area contributed by atoms with E-state index in [9.17, 15) is 0 Å². The molecule has 2 heterocycles. The Hall–Kier alpha value is -3.01. The second-order valence-corrected chi connectivity index (χ2v) is 7.54. The highest BCUT2D eigenvalue weighted by molar-refractivity contribution is 6.13. The van der Waals surface area contributed by atoms with Crippen molar-refractivity contribution < 1.29 is 0 Å². The maximum absolute atomic E-state index is 6.24. The van der Waals surface area contributed by atoms with Crippen LogP contribution in [0.15, 0.2) is 88.4 Å². The lowest BCUT2D eigenvalue weighted by molar-refractivity contribution is 0.611. The lowest BCUT2D eigenvalue weighted by Crippen LogP contribution is -2.56. The molecule has 1 aromatic carbocycles. The van der Waals surface area contributed by atoms with Crippen molar-refractivity contribution in [3.63, 3.8) is 0 Å². The van der Waals surface area contributed by atoms with E-state index in [4.69, 9.17) is 5.73 Å². The zero-order valence-electron chi connectivity index (χ0n) is 16.2. The average molecular weight is 358 g/mol. The van der Waals surface area contributed by atoms with Gasteiger partial charge in [0.2, 0.25) is 0 Å². The van der Waals surface area contributed by atoms with Crippen LogP contribution in [0.4, 0.5) is 5.69 Å². The Kier molecular flexibility index (Phi) is 4.27. The number of nitrogens with two attached hydrogens (primary N) is 1. The Morgan fingerprint density at radius 1 is 1.07 bits per heavy atom. The number of hydrogen-bond donors (Lipinski definition) is 2. The van der Waals surface area contributed by atoms with Gasteiger partial charge in [-0.05, 0) is 55.2 Å². The molecule has 138 valence electrons. The van der Waals surface area contributed by atoms with Gasteiger partial charge in [-0.25, -0.2) is 0 Å². The van der Waals surface area contributed by atoms with Crippen molar-refractivity contribution in [1.29, 1.82) is 0 Å². The Morgan fingerprint density at radius 3 is 2.59 bits per heavy atom. The monoisotopic (exact) mass is 358 g/mol. The number of nitrogens with one attached hydrogen (secondary N) is 1. The molecule has 4 nitrogen and oxygen atoms in total. The molecule has 1 spiro atoms. The quantitative estimate of drug-likeness (QED) is 0.864. The van der Waals surface area contributed by atoms with Crippen molar-refractivity contribution in [3.8, 4) is 0 Å². The topological polar surface area (TPSA) is 53.6 Å². The van der Waals surface area contributed by atoms with Crippen LogP contribution in [-0.4, -0.2) is 25.3 Å². The van der Waals surface area contributed by atoms with Gasteiger partial charge >= 0.3 is 0 Å². The molecule has 1 aromatic rings. The lowest BCUT2D eigenvalue weighted by Gasteiger charge is -2.42. The number of aliphatic imine (C=N–C) groups is 1. The van der Waals surface area contributed by atoms with E-state index >= 15 is 0 Å². The summed E-state index contributed by atoms with van der Waals surface area (Å²) in [4.78, 5) is 6.76. The molecule has 2 aliphatic heterocycles. The second kappa shape index (κ2) is 6.62. The molecule has 27 heavy (non-hydrogen) atoms. The summed E-state index contributed by atoms with van der Waals surface area (Å²) >= 11 is 0. The molecule has 1 aliphatic carbocycles. The van der Waals surface area contributed by atoms with E-state index in [1.807, 2.05) is 0 Å². The van der Waals surface area contributed by atoms with Gasteiger partial charge in [0.25, 0.3) is 0 Å². The first-order chi connectivity index (χ1) is 13.0. The number of hydrogen-bond acceptors (Lipinski definition) is 4. The van der Waals surface area contributed by atoms with Crippen LogP contribution >= 0.6 is 0 Å². The van der Waals surface area contributed by atoms with Crippen LogP contribution in [0, 0.1) is 0 Å². The minimum absolute atomic E-state index is 0.434. The van der Waals surface area contributed by atoms with Gasteiger partial charge in [0.1, 0.15) is 5.54 Å². The van der Waals surface area contributed by atoms with E-state index in [0.717, 1.165) is 29.8 Å². The van der Waals surface area contributed by atoms with Gasteiger partial charge in [0.05, 0.1) is 17.6 Å².